The van der Waals surface area contributed by atoms with Crippen LogP contribution in [0.5, 0.6) is 0 Å². The predicted octanol–water partition coefficient (Wildman–Crippen LogP) is 1.53. The van der Waals surface area contributed by atoms with Gasteiger partial charge in [-0.05, 0) is 0 Å². The van der Waals surface area contributed by atoms with Crippen LogP contribution in [0.2, 0.25) is 0 Å². The van der Waals surface area contributed by atoms with Crippen LogP contribution in [0.15, 0.2) is 0 Å². The third-order valence-electron chi connectivity index (χ3n) is 1.08. The molecule has 8 heteroatoms. The Bertz CT molecular complexity index is 183. The van der Waals surface area contributed by atoms with E-state index in [-0.39, 0.29) is 0 Å². The third-order valence-corrected chi connectivity index (χ3v) is 4.11. The summed E-state index contributed by atoms with van der Waals surface area (Å²) in [4.78, 5) is 0. The number of alkyl halides is 3. The second kappa shape index (κ2) is 4.47. The van der Waals surface area contributed by atoms with Crippen molar-refractivity contribution < 1.29 is 18.7 Å². The van der Waals surface area contributed by atoms with Crippen molar-refractivity contribution in [1.82, 2.24) is 0 Å². The Morgan fingerprint density at radius 2 is 1.67 bits per heavy atom. The van der Waals surface area contributed by atoms with Gasteiger partial charge in [0.25, 0.3) is 0 Å². The molecule has 0 aromatic heterocycles. The molecule has 0 aliphatic heterocycles. The molecular weight excluding hydrogens is 249 g/mol. The van der Waals surface area contributed by atoms with Crippen LogP contribution < -0.4 is 5.11 Å². The molecule has 0 spiro atoms. The van der Waals surface area contributed by atoms with Crippen LogP contribution in [0.1, 0.15) is 0 Å². The van der Waals surface area contributed by atoms with E-state index >= 15 is 0 Å². The molecule has 0 radical (unpaired) electrons. The van der Waals surface area contributed by atoms with Gasteiger partial charge in [0.05, 0.1) is 0 Å². The fourth-order valence-corrected chi connectivity index (χ4v) is 2.41. The van der Waals surface area contributed by atoms with E-state index in [9.17, 15) is 9.67 Å². The summed E-state index contributed by atoms with van der Waals surface area (Å²) < 4.78 is 17.8. The lowest BCUT2D eigenvalue weighted by Crippen LogP contribution is -2.38. The molecule has 0 aromatic carbocycles. The van der Waals surface area contributed by atoms with Gasteiger partial charge in [0.1, 0.15) is 0 Å². The summed E-state index contributed by atoms with van der Waals surface area (Å²) in [5.41, 5.74) is 0. The lowest BCUT2D eigenvalue weighted by molar-refractivity contribution is -0.392. The first kappa shape index (κ1) is 13.0. The molecule has 0 heterocycles. The minimum atomic E-state index is -3.85. The van der Waals surface area contributed by atoms with E-state index in [0.29, 0.717) is 0 Å². The second-order valence-electron chi connectivity index (χ2n) is 1.80. The first-order valence-corrected chi connectivity index (χ1v) is 5.46. The number of rotatable bonds is 3. The lowest BCUT2D eigenvalue weighted by Gasteiger charge is -2.33. The molecule has 0 aliphatic carbocycles. The maximum atomic E-state index is 11.3. The topological polar surface area (TPSA) is 58.6 Å². The summed E-state index contributed by atoms with van der Waals surface area (Å²) in [6.07, 6.45) is 0. The van der Waals surface area contributed by atoms with Gasteiger partial charge in [0.15, 0.2) is 3.79 Å². The molecule has 0 aromatic rings. The van der Waals surface area contributed by atoms with Crippen molar-refractivity contribution in [2.45, 2.75) is 9.64 Å². The summed E-state index contributed by atoms with van der Waals surface area (Å²) in [7, 11) is -1.75. The second-order valence-corrected chi connectivity index (χ2v) is 6.45. The Morgan fingerprint density at radius 1 is 1.33 bits per heavy atom. The summed E-state index contributed by atoms with van der Waals surface area (Å²) >= 11 is 15.6. The molecule has 12 heavy (non-hydrogen) atoms. The smallest absolute Gasteiger partial charge is 0.321 e. The molecule has 0 unspecified atom stereocenters. The zero-order valence-corrected chi connectivity index (χ0v) is 9.45. The van der Waals surface area contributed by atoms with Crippen LogP contribution in [0, 0.1) is 0 Å². The first-order valence-electron chi connectivity index (χ1n) is 2.71. The van der Waals surface area contributed by atoms with E-state index in [1.165, 1.54) is 0 Å². The summed E-state index contributed by atoms with van der Waals surface area (Å²) in [5.74, 6) is -2.05. The molecule has 0 N–H and O–H groups in total. The van der Waals surface area contributed by atoms with Crippen LogP contribution in [0.3, 0.4) is 0 Å². The standard InChI is InChI=1S/C4H7Cl3O4P/c1-10-12(9,11-2)3(8)4(5,6)7/h3H,1-2H3/q-1/t3-/m0/s1. The summed E-state index contributed by atoms with van der Waals surface area (Å²) in [5, 5.41) is 11.1. The van der Waals surface area contributed by atoms with E-state index in [4.69, 9.17) is 34.8 Å². The number of hydrogen-bond donors (Lipinski definition) is 0. The van der Waals surface area contributed by atoms with Gasteiger partial charge in [-0.1, -0.05) is 34.8 Å². The zero-order chi connectivity index (χ0) is 9.99. The molecule has 0 amide bonds. The van der Waals surface area contributed by atoms with Crippen molar-refractivity contribution in [3.8, 4) is 0 Å². The highest BCUT2D eigenvalue weighted by molar-refractivity contribution is 7.54. The molecule has 0 rings (SSSR count). The summed E-state index contributed by atoms with van der Waals surface area (Å²) in [6, 6.07) is 0. The SMILES string of the molecule is COP(=O)(OC)[C@H]([O-])C(Cl)(Cl)Cl. The number of hydrogen-bond acceptors (Lipinski definition) is 4. The van der Waals surface area contributed by atoms with Crippen LogP contribution in [-0.4, -0.2) is 23.9 Å². The molecule has 0 bridgehead atoms. The van der Waals surface area contributed by atoms with Crippen molar-refractivity contribution in [2.24, 2.45) is 0 Å². The Balaban J connectivity index is 4.66. The van der Waals surface area contributed by atoms with Gasteiger partial charge < -0.3 is 14.2 Å². The Labute approximate surface area is 85.2 Å². The molecule has 74 valence electrons. The highest BCUT2D eigenvalue weighted by atomic mass is 35.6. The van der Waals surface area contributed by atoms with Crippen LogP contribution in [-0.2, 0) is 13.6 Å². The van der Waals surface area contributed by atoms with Crippen molar-refractivity contribution in [2.75, 3.05) is 14.2 Å². The minimum absolute atomic E-state index is 1.05. The van der Waals surface area contributed by atoms with E-state index in [2.05, 4.69) is 9.05 Å². The van der Waals surface area contributed by atoms with E-state index in [1.54, 1.807) is 0 Å². The number of halogens is 3. The molecule has 0 saturated heterocycles. The van der Waals surface area contributed by atoms with Gasteiger partial charge in [-0.25, -0.2) is 0 Å². The van der Waals surface area contributed by atoms with E-state index in [1.807, 2.05) is 0 Å². The van der Waals surface area contributed by atoms with Crippen molar-refractivity contribution >= 4 is 42.4 Å². The molecular formula is C4H7Cl3O4P-. The minimum Gasteiger partial charge on any atom is -0.840 e. The maximum Gasteiger partial charge on any atom is 0.321 e. The van der Waals surface area contributed by atoms with Crippen LogP contribution >= 0.6 is 42.4 Å². The van der Waals surface area contributed by atoms with Gasteiger partial charge in [0.2, 0.25) is 0 Å². The average Bonchev–Trinajstić information content (AvgIpc) is 2.00. The molecule has 0 aliphatic rings. The van der Waals surface area contributed by atoms with Crippen LogP contribution in [0.25, 0.3) is 0 Å². The largest absolute Gasteiger partial charge is 0.840 e. The highest BCUT2D eigenvalue weighted by Crippen LogP contribution is 2.56. The monoisotopic (exact) mass is 255 g/mol. The Kier molecular flexibility index (Phi) is 4.83. The normalized spacial score (nSPS) is 16.2. The van der Waals surface area contributed by atoms with Gasteiger partial charge in [-0.2, -0.15) is 0 Å². The lowest BCUT2D eigenvalue weighted by atomic mass is 10.8. The molecule has 1 atom stereocenters. The Morgan fingerprint density at radius 3 is 1.75 bits per heavy atom. The van der Waals surface area contributed by atoms with Gasteiger partial charge in [-0.15, -0.1) is 0 Å². The predicted molar refractivity (Wildman–Crippen MR) is 45.7 cm³/mol. The fourth-order valence-electron chi connectivity index (χ4n) is 0.445. The van der Waals surface area contributed by atoms with E-state index < -0.39 is 17.2 Å². The maximum absolute atomic E-state index is 11.3. The van der Waals surface area contributed by atoms with Crippen LogP contribution in [0.4, 0.5) is 0 Å². The first-order chi connectivity index (χ1) is 5.28. The molecule has 4 nitrogen and oxygen atoms in total. The van der Waals surface area contributed by atoms with Gasteiger partial charge >= 0.3 is 7.60 Å². The van der Waals surface area contributed by atoms with Crippen molar-refractivity contribution in [3.63, 3.8) is 0 Å². The summed E-state index contributed by atoms with van der Waals surface area (Å²) in [6.45, 7) is 0. The van der Waals surface area contributed by atoms with Gasteiger partial charge in [0, 0.05) is 20.1 Å². The third kappa shape index (κ3) is 3.04. The Hall–Kier alpha value is 0.980. The highest BCUT2D eigenvalue weighted by Gasteiger charge is 2.39. The van der Waals surface area contributed by atoms with Crippen molar-refractivity contribution in [1.29, 1.82) is 0 Å². The van der Waals surface area contributed by atoms with Crippen molar-refractivity contribution in [3.05, 3.63) is 0 Å². The van der Waals surface area contributed by atoms with E-state index in [0.717, 1.165) is 14.2 Å². The fraction of sp³-hybridized carbons (Fsp3) is 1.00. The quantitative estimate of drug-likeness (QED) is 0.567. The average molecular weight is 256 g/mol. The zero-order valence-electron chi connectivity index (χ0n) is 6.29. The van der Waals surface area contributed by atoms with Gasteiger partial charge in [-0.3, -0.25) is 4.57 Å². The molecule has 0 fully saturated rings. The molecule has 0 saturated carbocycles.